The summed E-state index contributed by atoms with van der Waals surface area (Å²) in [6.45, 7) is 0.440. The number of hydrogen-bond donors (Lipinski definition) is 2. The Morgan fingerprint density at radius 2 is 1.93 bits per heavy atom. The lowest BCUT2D eigenvalue weighted by Crippen LogP contribution is -2.47. The third kappa shape index (κ3) is 4.91. The molecule has 0 unspecified atom stereocenters. The van der Waals surface area contributed by atoms with Crippen LogP contribution in [0.5, 0.6) is 5.75 Å². The molecule has 2 N–H and O–H groups in total. The molecule has 0 aromatic heterocycles. The number of sulfonamides is 1. The van der Waals surface area contributed by atoms with Crippen LogP contribution >= 0.6 is 0 Å². The summed E-state index contributed by atoms with van der Waals surface area (Å²) in [6, 6.07) is 5.68. The van der Waals surface area contributed by atoms with Gasteiger partial charge in [-0.3, -0.25) is 9.51 Å². The van der Waals surface area contributed by atoms with Gasteiger partial charge in [0.25, 0.3) is 10.0 Å². The van der Waals surface area contributed by atoms with E-state index in [1.54, 1.807) is 34.8 Å². The zero-order valence-corrected chi connectivity index (χ0v) is 17.3. The molecule has 9 heteroatoms. The maximum Gasteiger partial charge on any atom is 0.341 e. The molecule has 3 rings (SSSR count). The Bertz CT molecular complexity index is 874. The first-order chi connectivity index (χ1) is 14.0. The lowest BCUT2D eigenvalue weighted by Gasteiger charge is -2.34. The van der Waals surface area contributed by atoms with Crippen molar-refractivity contribution in [1.29, 1.82) is 0 Å². The van der Waals surface area contributed by atoms with E-state index in [4.69, 9.17) is 9.94 Å². The predicted molar refractivity (Wildman–Crippen MR) is 108 cm³/mol. The smallest absolute Gasteiger partial charge is 0.341 e. The van der Waals surface area contributed by atoms with E-state index in [1.165, 1.54) is 23.5 Å². The summed E-state index contributed by atoms with van der Waals surface area (Å²) in [6.07, 6.45) is 10.1. The van der Waals surface area contributed by atoms with Gasteiger partial charge in [0.15, 0.2) is 0 Å². The summed E-state index contributed by atoms with van der Waals surface area (Å²) in [5.41, 5.74) is 2.40. The van der Waals surface area contributed by atoms with Gasteiger partial charge in [0.1, 0.15) is 5.75 Å². The third-order valence-corrected chi connectivity index (χ3v) is 7.06. The van der Waals surface area contributed by atoms with Gasteiger partial charge in [0.05, 0.1) is 18.6 Å². The van der Waals surface area contributed by atoms with Crippen LogP contribution in [0.15, 0.2) is 53.1 Å². The van der Waals surface area contributed by atoms with Crippen LogP contribution in [0.25, 0.3) is 0 Å². The number of rotatable bonds is 6. The Balaban J connectivity index is 1.80. The number of carbonyl (C=O) groups is 1. The molecule has 1 aromatic rings. The van der Waals surface area contributed by atoms with Gasteiger partial charge >= 0.3 is 6.03 Å². The second kappa shape index (κ2) is 9.32. The average molecular weight is 422 g/mol. The second-order valence-electron chi connectivity index (χ2n) is 7.19. The van der Waals surface area contributed by atoms with Crippen LogP contribution in [-0.2, 0) is 10.0 Å². The lowest BCUT2D eigenvalue weighted by atomic mass is 9.94. The largest absolute Gasteiger partial charge is 0.497 e. The van der Waals surface area contributed by atoms with E-state index in [1.807, 2.05) is 6.08 Å². The molecule has 0 bridgehead atoms. The number of hydroxylamine groups is 1. The fraction of sp³-hybridized carbons (Fsp3) is 0.450. The molecular formula is C20H27N3O5S. The molecule has 0 radical (unpaired) electrons. The van der Waals surface area contributed by atoms with Crippen LogP contribution in [0.3, 0.4) is 0 Å². The molecular weight excluding hydrogens is 394 g/mol. The Hall–Kier alpha value is -2.52. The van der Waals surface area contributed by atoms with E-state index in [-0.39, 0.29) is 24.0 Å². The highest BCUT2D eigenvalue weighted by molar-refractivity contribution is 7.89. The molecule has 0 spiro atoms. The van der Waals surface area contributed by atoms with E-state index < -0.39 is 16.1 Å². The van der Waals surface area contributed by atoms with Crippen molar-refractivity contribution >= 4 is 16.1 Å². The lowest BCUT2D eigenvalue weighted by molar-refractivity contribution is 0.109. The fourth-order valence-corrected chi connectivity index (χ4v) is 5.06. The van der Waals surface area contributed by atoms with Crippen molar-refractivity contribution in [3.63, 3.8) is 0 Å². The highest BCUT2D eigenvalue weighted by Crippen LogP contribution is 2.26. The zero-order valence-electron chi connectivity index (χ0n) is 16.5. The van der Waals surface area contributed by atoms with Crippen molar-refractivity contribution in [2.75, 3.05) is 20.2 Å². The molecule has 1 aromatic carbocycles. The van der Waals surface area contributed by atoms with Crippen LogP contribution in [0.4, 0.5) is 4.79 Å². The molecule has 0 saturated heterocycles. The van der Waals surface area contributed by atoms with Crippen molar-refractivity contribution in [3.8, 4) is 5.75 Å². The summed E-state index contributed by atoms with van der Waals surface area (Å²) in [5, 5.41) is 9.14. The van der Waals surface area contributed by atoms with E-state index >= 15 is 0 Å². The Labute approximate surface area is 171 Å². The van der Waals surface area contributed by atoms with Crippen molar-refractivity contribution in [1.82, 2.24) is 14.7 Å². The van der Waals surface area contributed by atoms with Crippen LogP contribution in [0, 0.1) is 0 Å². The van der Waals surface area contributed by atoms with E-state index in [0.29, 0.717) is 11.3 Å². The maximum absolute atomic E-state index is 13.0. The van der Waals surface area contributed by atoms with Gasteiger partial charge < -0.3 is 9.64 Å². The molecule has 29 heavy (non-hydrogen) atoms. The number of benzene rings is 1. The SMILES string of the molecule is COc1ccc(S(=O)(=O)N2C=C(CN(C(=O)NO)C3CCCCC3)C=CC2)cc1. The summed E-state index contributed by atoms with van der Waals surface area (Å²) in [4.78, 5) is 14.0. The van der Waals surface area contributed by atoms with Crippen molar-refractivity contribution in [2.45, 2.75) is 43.0 Å². The summed E-state index contributed by atoms with van der Waals surface area (Å²) < 4.78 is 32.3. The fourth-order valence-electron chi connectivity index (χ4n) is 3.75. The van der Waals surface area contributed by atoms with Gasteiger partial charge in [-0.1, -0.05) is 31.4 Å². The minimum atomic E-state index is -3.72. The molecule has 1 aliphatic carbocycles. The highest BCUT2D eigenvalue weighted by Gasteiger charge is 2.28. The average Bonchev–Trinajstić information content (AvgIpc) is 2.77. The standard InChI is InChI=1S/C20H27N3O5S/c1-28-18-9-11-19(12-10-18)29(26,27)22-13-5-6-16(14-22)15-23(20(24)21-25)17-7-3-2-4-8-17/h5-6,9-12,14,17,25H,2-4,7-8,13,15H2,1H3,(H,21,24). The van der Waals surface area contributed by atoms with Gasteiger partial charge in [0, 0.05) is 18.8 Å². The number of amides is 2. The first kappa shape index (κ1) is 21.2. The van der Waals surface area contributed by atoms with Gasteiger partial charge in [-0.2, -0.15) is 0 Å². The van der Waals surface area contributed by atoms with Crippen molar-refractivity contribution in [3.05, 3.63) is 48.2 Å². The summed E-state index contributed by atoms with van der Waals surface area (Å²) in [7, 11) is -2.20. The Morgan fingerprint density at radius 1 is 1.24 bits per heavy atom. The monoisotopic (exact) mass is 421 g/mol. The normalized spacial score (nSPS) is 17.6. The van der Waals surface area contributed by atoms with Crippen LogP contribution in [0.1, 0.15) is 32.1 Å². The number of nitrogens with zero attached hydrogens (tertiary/aromatic N) is 2. The summed E-state index contributed by atoms with van der Waals surface area (Å²) in [5.74, 6) is 0.580. The first-order valence-corrected chi connectivity index (χ1v) is 11.1. The molecule has 1 aliphatic heterocycles. The van der Waals surface area contributed by atoms with Crippen molar-refractivity contribution < 1.29 is 23.2 Å². The number of nitrogens with one attached hydrogen (secondary N) is 1. The van der Waals surface area contributed by atoms with E-state index in [2.05, 4.69) is 0 Å². The molecule has 1 heterocycles. The quantitative estimate of drug-likeness (QED) is 0.544. The summed E-state index contributed by atoms with van der Waals surface area (Å²) >= 11 is 0. The number of methoxy groups -OCH3 is 1. The predicted octanol–water partition coefficient (Wildman–Crippen LogP) is 2.87. The molecule has 2 aliphatic rings. The number of carbonyl (C=O) groups excluding carboxylic acids is 1. The molecule has 1 saturated carbocycles. The molecule has 158 valence electrons. The van der Waals surface area contributed by atoms with Gasteiger partial charge in [0.2, 0.25) is 0 Å². The van der Waals surface area contributed by atoms with Crippen molar-refractivity contribution in [2.24, 2.45) is 0 Å². The van der Waals surface area contributed by atoms with Crippen LogP contribution in [-0.4, -0.2) is 55.1 Å². The second-order valence-corrected chi connectivity index (χ2v) is 9.08. The van der Waals surface area contributed by atoms with Gasteiger partial charge in [-0.05, 0) is 42.7 Å². The van der Waals surface area contributed by atoms with Crippen LogP contribution < -0.4 is 10.2 Å². The molecule has 2 amide bonds. The zero-order chi connectivity index (χ0) is 20.9. The van der Waals surface area contributed by atoms with Crippen LogP contribution in [0.2, 0.25) is 0 Å². The number of urea groups is 1. The molecule has 1 fully saturated rings. The van der Waals surface area contributed by atoms with E-state index in [9.17, 15) is 13.2 Å². The minimum absolute atomic E-state index is 0.0266. The van der Waals surface area contributed by atoms with Gasteiger partial charge in [-0.25, -0.2) is 18.7 Å². The molecule has 8 nitrogen and oxygen atoms in total. The number of hydrogen-bond acceptors (Lipinski definition) is 5. The Kier molecular flexibility index (Phi) is 6.81. The Morgan fingerprint density at radius 3 is 2.55 bits per heavy atom. The third-order valence-electron chi connectivity index (χ3n) is 5.32. The van der Waals surface area contributed by atoms with Gasteiger partial charge in [-0.15, -0.1) is 0 Å². The first-order valence-electron chi connectivity index (χ1n) is 9.69. The molecule has 0 atom stereocenters. The van der Waals surface area contributed by atoms with E-state index in [0.717, 1.165) is 32.1 Å². The highest BCUT2D eigenvalue weighted by atomic mass is 32.2. The topological polar surface area (TPSA) is 99.2 Å². The maximum atomic E-state index is 13.0. The minimum Gasteiger partial charge on any atom is -0.497 e. The number of ether oxygens (including phenoxy) is 1.